The highest BCUT2D eigenvalue weighted by atomic mass is 16.5. The number of aliphatic hydroxyl groups excluding tert-OH is 1. The van der Waals surface area contributed by atoms with E-state index >= 15 is 0 Å². The fourth-order valence-electron chi connectivity index (χ4n) is 7.43. The molecule has 0 saturated heterocycles. The normalized spacial score (nSPS) is 49.1. The molecule has 0 aromatic carbocycles. The van der Waals surface area contributed by atoms with Crippen LogP contribution in [0.1, 0.15) is 71.6 Å². The lowest BCUT2D eigenvalue weighted by Crippen LogP contribution is -2.56. The van der Waals surface area contributed by atoms with Crippen LogP contribution in [0.25, 0.3) is 0 Å². The van der Waals surface area contributed by atoms with Crippen molar-refractivity contribution in [2.45, 2.75) is 77.7 Å². The van der Waals surface area contributed by atoms with E-state index in [1.807, 2.05) is 0 Å². The molecule has 4 aliphatic rings. The van der Waals surface area contributed by atoms with Gasteiger partial charge in [-0.25, -0.2) is 0 Å². The number of fused-ring (bicyclic) bond motifs is 5. The lowest BCUT2D eigenvalue weighted by atomic mass is 9.45. The van der Waals surface area contributed by atoms with Crippen LogP contribution in [0.3, 0.4) is 0 Å². The van der Waals surface area contributed by atoms with E-state index in [-0.39, 0.29) is 29.5 Å². The predicted molar refractivity (Wildman–Crippen MR) is 93.7 cm³/mol. The number of carbonyl (C=O) groups excluding carboxylic acids is 2. The van der Waals surface area contributed by atoms with E-state index < -0.39 is 0 Å². The first-order valence-corrected chi connectivity index (χ1v) is 10.2. The number of ketones is 1. The Balaban J connectivity index is 1.58. The average Bonchev–Trinajstić information content (AvgIpc) is 2.89. The molecule has 4 saturated carbocycles. The van der Waals surface area contributed by atoms with E-state index in [2.05, 4.69) is 6.92 Å². The first-order valence-electron chi connectivity index (χ1n) is 10.2. The lowest BCUT2D eigenvalue weighted by Gasteiger charge is -2.60. The maximum absolute atomic E-state index is 12.5. The van der Waals surface area contributed by atoms with Crippen LogP contribution in [0.5, 0.6) is 0 Å². The largest absolute Gasteiger partial charge is 0.463 e. The lowest BCUT2D eigenvalue weighted by molar-refractivity contribution is -0.169. The molecule has 4 fully saturated rings. The van der Waals surface area contributed by atoms with Gasteiger partial charge in [-0.15, -0.1) is 0 Å². The molecule has 1 N–H and O–H groups in total. The fraction of sp³-hybridized carbons (Fsp3) is 0.905. The van der Waals surface area contributed by atoms with Crippen LogP contribution >= 0.6 is 0 Å². The SMILES string of the molecule is CC(=O)O[C@@H]1CC[C@@]2(CO)[C@@H](CC[C@@H]3[C@@H]2CC[C@]2(C)C(=O)CC[C@@H]32)C1. The summed E-state index contributed by atoms with van der Waals surface area (Å²) in [4.78, 5) is 23.8. The number of hydrogen-bond acceptors (Lipinski definition) is 4. The van der Waals surface area contributed by atoms with Gasteiger partial charge in [-0.2, -0.15) is 0 Å². The molecule has 0 heterocycles. The van der Waals surface area contributed by atoms with Crippen molar-refractivity contribution in [2.75, 3.05) is 6.61 Å². The molecule has 0 aliphatic heterocycles. The Labute approximate surface area is 150 Å². The Morgan fingerprint density at radius 1 is 1.16 bits per heavy atom. The zero-order chi connectivity index (χ0) is 17.8. The van der Waals surface area contributed by atoms with Crippen LogP contribution in [0.4, 0.5) is 0 Å². The van der Waals surface area contributed by atoms with Crippen LogP contribution in [0.2, 0.25) is 0 Å². The maximum Gasteiger partial charge on any atom is 0.302 e. The van der Waals surface area contributed by atoms with Crippen LogP contribution in [0.15, 0.2) is 0 Å². The average molecular weight is 348 g/mol. The molecular formula is C21H32O4. The minimum atomic E-state index is -0.187. The number of ether oxygens (including phenoxy) is 1. The molecule has 25 heavy (non-hydrogen) atoms. The zero-order valence-electron chi connectivity index (χ0n) is 15.6. The van der Waals surface area contributed by atoms with Gasteiger partial charge in [0.15, 0.2) is 0 Å². The van der Waals surface area contributed by atoms with Crippen LogP contribution < -0.4 is 0 Å². The molecule has 140 valence electrons. The second kappa shape index (κ2) is 6.07. The standard InChI is InChI=1S/C21H32O4/c1-13(23)25-15-7-10-21(12-22)14(11-15)3-4-16-17-5-6-19(24)20(17,2)9-8-18(16)21/h14-18,22H,3-12H2,1-2H3/t14-,15+,16-,17-,18-,20-,21+/m0/s1. The molecule has 4 rings (SSSR count). The predicted octanol–water partition coefficient (Wildman–Crippen LogP) is 3.50. The van der Waals surface area contributed by atoms with Crippen molar-refractivity contribution in [3.05, 3.63) is 0 Å². The van der Waals surface area contributed by atoms with E-state index in [1.165, 1.54) is 13.3 Å². The van der Waals surface area contributed by atoms with Crippen molar-refractivity contribution in [3.8, 4) is 0 Å². The van der Waals surface area contributed by atoms with E-state index in [9.17, 15) is 14.7 Å². The molecule has 0 aromatic rings. The highest BCUT2D eigenvalue weighted by Crippen LogP contribution is 2.65. The third kappa shape index (κ3) is 2.50. The van der Waals surface area contributed by atoms with Gasteiger partial charge in [-0.1, -0.05) is 6.92 Å². The molecule has 0 unspecified atom stereocenters. The third-order valence-corrected chi connectivity index (χ3v) is 8.65. The van der Waals surface area contributed by atoms with Gasteiger partial charge >= 0.3 is 5.97 Å². The van der Waals surface area contributed by atoms with Crippen molar-refractivity contribution in [1.82, 2.24) is 0 Å². The smallest absolute Gasteiger partial charge is 0.302 e. The molecule has 4 heteroatoms. The molecule has 4 nitrogen and oxygen atoms in total. The summed E-state index contributed by atoms with van der Waals surface area (Å²) in [5.41, 5.74) is -0.105. The maximum atomic E-state index is 12.5. The van der Waals surface area contributed by atoms with Crippen LogP contribution in [-0.2, 0) is 14.3 Å². The number of aliphatic hydroxyl groups is 1. The fourth-order valence-corrected chi connectivity index (χ4v) is 7.43. The molecule has 7 atom stereocenters. The minimum absolute atomic E-state index is 0.00741. The second-order valence-corrected chi connectivity index (χ2v) is 9.47. The van der Waals surface area contributed by atoms with Gasteiger partial charge in [0.05, 0.1) is 0 Å². The van der Waals surface area contributed by atoms with Crippen molar-refractivity contribution in [3.63, 3.8) is 0 Å². The highest BCUT2D eigenvalue weighted by Gasteiger charge is 2.61. The number of carbonyl (C=O) groups is 2. The molecule has 0 bridgehead atoms. The minimum Gasteiger partial charge on any atom is -0.463 e. The van der Waals surface area contributed by atoms with Gasteiger partial charge < -0.3 is 9.84 Å². The van der Waals surface area contributed by atoms with E-state index in [0.717, 1.165) is 51.4 Å². The highest BCUT2D eigenvalue weighted by molar-refractivity contribution is 5.87. The topological polar surface area (TPSA) is 63.6 Å². The van der Waals surface area contributed by atoms with E-state index in [0.29, 0.717) is 29.5 Å². The monoisotopic (exact) mass is 348 g/mol. The summed E-state index contributed by atoms with van der Waals surface area (Å²) in [6.45, 7) is 3.95. The third-order valence-electron chi connectivity index (χ3n) is 8.65. The molecular weight excluding hydrogens is 316 g/mol. The van der Waals surface area contributed by atoms with Gasteiger partial charge in [-0.3, -0.25) is 9.59 Å². The Kier molecular flexibility index (Phi) is 4.25. The van der Waals surface area contributed by atoms with Gasteiger partial charge in [0.25, 0.3) is 0 Å². The number of Topliss-reactive ketones (excluding diaryl/α,β-unsaturated/α-hetero) is 1. The van der Waals surface area contributed by atoms with E-state index in [4.69, 9.17) is 4.74 Å². The van der Waals surface area contributed by atoms with Crippen LogP contribution in [-0.4, -0.2) is 29.6 Å². The summed E-state index contributed by atoms with van der Waals surface area (Å²) in [5, 5.41) is 10.5. The summed E-state index contributed by atoms with van der Waals surface area (Å²) in [5.74, 6) is 2.41. The van der Waals surface area contributed by atoms with Crippen LogP contribution in [0, 0.1) is 34.5 Å². The van der Waals surface area contributed by atoms with Crippen molar-refractivity contribution < 1.29 is 19.4 Å². The Hall–Kier alpha value is -0.900. The van der Waals surface area contributed by atoms with Crippen molar-refractivity contribution in [2.24, 2.45) is 34.5 Å². The summed E-state index contributed by atoms with van der Waals surface area (Å²) < 4.78 is 5.50. The van der Waals surface area contributed by atoms with Gasteiger partial charge in [0, 0.05) is 25.4 Å². The molecule has 0 aromatic heterocycles. The number of hydrogen-bond donors (Lipinski definition) is 1. The molecule has 0 radical (unpaired) electrons. The Bertz CT molecular complexity index is 572. The molecule has 0 spiro atoms. The second-order valence-electron chi connectivity index (χ2n) is 9.47. The van der Waals surface area contributed by atoms with Gasteiger partial charge in [-0.05, 0) is 80.5 Å². The van der Waals surface area contributed by atoms with E-state index in [1.54, 1.807) is 0 Å². The quantitative estimate of drug-likeness (QED) is 0.776. The van der Waals surface area contributed by atoms with Crippen molar-refractivity contribution >= 4 is 11.8 Å². The summed E-state index contributed by atoms with van der Waals surface area (Å²) in [6.07, 6.45) is 8.96. The van der Waals surface area contributed by atoms with Gasteiger partial charge in [0.2, 0.25) is 0 Å². The zero-order valence-corrected chi connectivity index (χ0v) is 15.6. The summed E-state index contributed by atoms with van der Waals surface area (Å²) >= 11 is 0. The number of rotatable bonds is 2. The first kappa shape index (κ1) is 17.5. The number of esters is 1. The molecule has 0 amide bonds. The summed E-state index contributed by atoms with van der Waals surface area (Å²) in [7, 11) is 0. The summed E-state index contributed by atoms with van der Waals surface area (Å²) in [6, 6.07) is 0. The Morgan fingerprint density at radius 2 is 1.96 bits per heavy atom. The molecule has 4 aliphatic carbocycles. The Morgan fingerprint density at radius 3 is 2.68 bits per heavy atom. The van der Waals surface area contributed by atoms with Crippen molar-refractivity contribution in [1.29, 1.82) is 0 Å². The first-order chi connectivity index (χ1) is 11.9. The van der Waals surface area contributed by atoms with Gasteiger partial charge in [0.1, 0.15) is 11.9 Å².